The van der Waals surface area contributed by atoms with Crippen LogP contribution >= 0.6 is 8.38 Å². The zero-order valence-corrected chi connectivity index (χ0v) is 17.1. The number of ether oxygens (including phenoxy) is 2. The second kappa shape index (κ2) is 9.05. The van der Waals surface area contributed by atoms with Crippen molar-refractivity contribution in [1.29, 1.82) is 0 Å². The molecule has 4 rings (SSSR count). The van der Waals surface area contributed by atoms with Gasteiger partial charge in [-0.3, -0.25) is 9.78 Å². The smallest absolute Gasteiger partial charge is 0.280 e. The standard InChI is InChI=1S/C18H21FN5O5P/c1-26-14-3-2-11(8-12(14)19)13-4-6-28-30(29-13)10-27-7-5-24-9-21-15-16(24)22-18(20)23-17(15)25/h2-3,8-9,13H,4-7,10H2,1H3,(H3,20,22,23,25). The topological polar surface area (TPSA) is 127 Å². The van der Waals surface area contributed by atoms with Crippen molar-refractivity contribution in [1.82, 2.24) is 19.5 Å². The van der Waals surface area contributed by atoms with Gasteiger partial charge in [-0.05, 0) is 17.7 Å². The molecule has 2 atom stereocenters. The minimum atomic E-state index is -1.26. The van der Waals surface area contributed by atoms with Crippen molar-refractivity contribution in [2.24, 2.45) is 0 Å². The minimum absolute atomic E-state index is 0.0311. The first-order valence-corrected chi connectivity index (χ1v) is 10.6. The number of aromatic amines is 1. The van der Waals surface area contributed by atoms with E-state index in [-0.39, 0.29) is 35.2 Å². The number of nitrogens with two attached hydrogens (primary N) is 1. The molecule has 0 radical (unpaired) electrons. The van der Waals surface area contributed by atoms with Gasteiger partial charge in [-0.1, -0.05) is 6.07 Å². The Bertz CT molecular complexity index is 1090. The Hall–Kier alpha value is -2.59. The molecular formula is C18H21FN5O5P. The van der Waals surface area contributed by atoms with E-state index in [0.29, 0.717) is 31.8 Å². The van der Waals surface area contributed by atoms with Crippen molar-refractivity contribution in [2.45, 2.75) is 19.1 Å². The van der Waals surface area contributed by atoms with Crippen LogP contribution in [0.5, 0.6) is 5.75 Å². The Morgan fingerprint density at radius 1 is 1.47 bits per heavy atom. The Morgan fingerprint density at radius 2 is 2.33 bits per heavy atom. The Kier molecular flexibility index (Phi) is 6.24. The molecule has 3 aromatic rings. The summed E-state index contributed by atoms with van der Waals surface area (Å²) in [7, 11) is 0.165. The molecule has 12 heteroatoms. The highest BCUT2D eigenvalue weighted by molar-refractivity contribution is 7.47. The molecule has 2 aromatic heterocycles. The fourth-order valence-corrected chi connectivity index (χ4v) is 4.40. The Balaban J connectivity index is 1.30. The van der Waals surface area contributed by atoms with Crippen LogP contribution in [0.3, 0.4) is 0 Å². The van der Waals surface area contributed by atoms with Crippen LogP contribution in [0, 0.1) is 5.82 Å². The molecule has 1 fully saturated rings. The monoisotopic (exact) mass is 437 g/mol. The van der Waals surface area contributed by atoms with Gasteiger partial charge in [-0.2, -0.15) is 4.98 Å². The van der Waals surface area contributed by atoms with Gasteiger partial charge >= 0.3 is 0 Å². The van der Waals surface area contributed by atoms with Gasteiger partial charge in [-0.15, -0.1) is 0 Å². The maximum Gasteiger partial charge on any atom is 0.280 e. The molecule has 1 aliphatic heterocycles. The molecule has 0 amide bonds. The average Bonchev–Trinajstić information content (AvgIpc) is 3.14. The Labute approximate surface area is 172 Å². The second-order valence-electron chi connectivity index (χ2n) is 6.54. The third-order valence-corrected chi connectivity index (χ3v) is 5.93. The van der Waals surface area contributed by atoms with Gasteiger partial charge in [0.1, 0.15) is 6.35 Å². The number of rotatable bonds is 7. The molecule has 1 aromatic carbocycles. The van der Waals surface area contributed by atoms with Crippen LogP contribution in [-0.4, -0.2) is 46.2 Å². The summed E-state index contributed by atoms with van der Waals surface area (Å²) in [6, 6.07) is 4.80. The number of hydrogen-bond acceptors (Lipinski definition) is 8. The number of nitrogen functional groups attached to an aromatic ring is 1. The van der Waals surface area contributed by atoms with Crippen molar-refractivity contribution < 1.29 is 22.9 Å². The molecule has 1 saturated heterocycles. The van der Waals surface area contributed by atoms with Gasteiger partial charge in [0.15, 0.2) is 31.1 Å². The summed E-state index contributed by atoms with van der Waals surface area (Å²) < 4.78 is 37.9. The van der Waals surface area contributed by atoms with Gasteiger partial charge < -0.3 is 28.8 Å². The third-order valence-electron chi connectivity index (χ3n) is 4.57. The van der Waals surface area contributed by atoms with Crippen molar-refractivity contribution in [2.75, 3.05) is 32.4 Å². The summed E-state index contributed by atoms with van der Waals surface area (Å²) in [6.07, 6.45) is 2.16. The van der Waals surface area contributed by atoms with Crippen molar-refractivity contribution >= 4 is 25.5 Å². The lowest BCUT2D eigenvalue weighted by Crippen LogP contribution is -2.15. The summed E-state index contributed by atoms with van der Waals surface area (Å²) in [4.78, 5) is 22.4. The summed E-state index contributed by atoms with van der Waals surface area (Å²) in [6.45, 7) is 1.28. The summed E-state index contributed by atoms with van der Waals surface area (Å²) >= 11 is 0. The van der Waals surface area contributed by atoms with Gasteiger partial charge in [0.25, 0.3) is 5.56 Å². The van der Waals surface area contributed by atoms with E-state index in [2.05, 4.69) is 15.0 Å². The number of aromatic nitrogens is 4. The van der Waals surface area contributed by atoms with Crippen LogP contribution in [-0.2, 0) is 20.3 Å². The van der Waals surface area contributed by atoms with Crippen molar-refractivity contribution in [3.63, 3.8) is 0 Å². The van der Waals surface area contributed by atoms with E-state index in [1.165, 1.54) is 19.5 Å². The van der Waals surface area contributed by atoms with E-state index in [0.717, 1.165) is 5.56 Å². The van der Waals surface area contributed by atoms with Crippen LogP contribution in [0.2, 0.25) is 0 Å². The molecule has 2 unspecified atom stereocenters. The lowest BCUT2D eigenvalue weighted by molar-refractivity contribution is 0.0818. The van der Waals surface area contributed by atoms with Crippen LogP contribution in [0.4, 0.5) is 10.3 Å². The molecule has 0 aliphatic carbocycles. The first-order valence-electron chi connectivity index (χ1n) is 9.24. The van der Waals surface area contributed by atoms with E-state index in [1.807, 2.05) is 0 Å². The van der Waals surface area contributed by atoms with Gasteiger partial charge in [0.05, 0.1) is 32.8 Å². The highest BCUT2D eigenvalue weighted by atomic mass is 31.2. The average molecular weight is 437 g/mol. The normalized spacial score (nSPS) is 19.3. The summed E-state index contributed by atoms with van der Waals surface area (Å²) in [5, 5.41) is 0. The number of nitrogens with one attached hydrogen (secondary N) is 1. The van der Waals surface area contributed by atoms with E-state index < -0.39 is 14.2 Å². The first kappa shape index (κ1) is 20.7. The van der Waals surface area contributed by atoms with Crippen molar-refractivity contribution in [3.8, 4) is 5.75 Å². The number of benzene rings is 1. The zero-order valence-electron chi connectivity index (χ0n) is 16.2. The SMILES string of the molecule is COc1ccc(C2CCOP(COCCn3cnc4c(=O)[nH]c(N)nc43)O2)cc1F. The number of fused-ring (bicyclic) bond motifs is 1. The molecule has 0 bridgehead atoms. The van der Waals surface area contributed by atoms with Crippen molar-refractivity contribution in [3.05, 3.63) is 46.3 Å². The molecule has 30 heavy (non-hydrogen) atoms. The molecule has 160 valence electrons. The third kappa shape index (κ3) is 4.44. The van der Waals surface area contributed by atoms with Crippen LogP contribution in [0.1, 0.15) is 18.1 Å². The summed E-state index contributed by atoms with van der Waals surface area (Å²) in [5.74, 6) is -0.198. The minimum Gasteiger partial charge on any atom is -0.494 e. The zero-order chi connectivity index (χ0) is 21.1. The number of anilines is 1. The second-order valence-corrected chi connectivity index (χ2v) is 7.93. The summed E-state index contributed by atoms with van der Waals surface area (Å²) in [5.41, 5.74) is 6.57. The molecule has 1 aliphatic rings. The molecule has 0 saturated carbocycles. The number of imidazole rings is 1. The van der Waals surface area contributed by atoms with E-state index in [1.54, 1.807) is 16.7 Å². The molecule has 3 heterocycles. The molecule has 10 nitrogen and oxygen atoms in total. The largest absolute Gasteiger partial charge is 0.494 e. The maximum absolute atomic E-state index is 14.0. The number of halogens is 1. The van der Waals surface area contributed by atoms with E-state index >= 15 is 0 Å². The molecule has 0 spiro atoms. The predicted molar refractivity (Wildman–Crippen MR) is 108 cm³/mol. The fraction of sp³-hybridized carbons (Fsp3) is 0.389. The van der Waals surface area contributed by atoms with Crippen LogP contribution in [0.15, 0.2) is 29.3 Å². The van der Waals surface area contributed by atoms with Gasteiger partial charge in [0.2, 0.25) is 5.95 Å². The molecular weight excluding hydrogens is 416 g/mol. The quantitative estimate of drug-likeness (QED) is 0.426. The van der Waals surface area contributed by atoms with Gasteiger partial charge in [0, 0.05) is 13.0 Å². The number of methoxy groups -OCH3 is 1. The fourth-order valence-electron chi connectivity index (χ4n) is 3.10. The lowest BCUT2D eigenvalue weighted by atomic mass is 10.1. The van der Waals surface area contributed by atoms with Crippen LogP contribution < -0.4 is 16.0 Å². The van der Waals surface area contributed by atoms with E-state index in [4.69, 9.17) is 24.3 Å². The Morgan fingerprint density at radius 3 is 3.13 bits per heavy atom. The predicted octanol–water partition coefficient (Wildman–Crippen LogP) is 2.31. The van der Waals surface area contributed by atoms with Gasteiger partial charge in [-0.25, -0.2) is 9.37 Å². The first-order chi connectivity index (χ1) is 14.5. The van der Waals surface area contributed by atoms with E-state index in [9.17, 15) is 9.18 Å². The number of H-pyrrole nitrogens is 1. The lowest BCUT2D eigenvalue weighted by Gasteiger charge is -2.29. The van der Waals surface area contributed by atoms with Crippen LogP contribution in [0.25, 0.3) is 11.2 Å². The highest BCUT2D eigenvalue weighted by Crippen LogP contribution is 2.48. The highest BCUT2D eigenvalue weighted by Gasteiger charge is 2.26. The maximum atomic E-state index is 14.0. The number of hydrogen-bond donors (Lipinski definition) is 2. The number of nitrogens with zero attached hydrogens (tertiary/aromatic N) is 3. The molecule has 3 N–H and O–H groups in total.